The Hall–Kier alpha value is -6.01. The predicted octanol–water partition coefficient (Wildman–Crippen LogP) is 12.4. The number of ether oxygens (including phenoxy) is 3. The minimum atomic E-state index is -3.58. The maximum absolute atomic E-state index is 12.7. The van der Waals surface area contributed by atoms with Crippen LogP contribution in [0, 0.1) is 14.1 Å². The molecule has 2 saturated heterocycles. The summed E-state index contributed by atoms with van der Waals surface area (Å²) in [6.45, 7) is 17.8. The molecule has 7 aromatic rings. The topological polar surface area (TPSA) is 190 Å². The Morgan fingerprint density at radius 1 is 0.632 bits per heavy atom. The summed E-state index contributed by atoms with van der Waals surface area (Å²) >= 11 is 4.56. The minimum absolute atomic E-state index is 0.0606. The number of benzene rings is 3. The number of amides is 2. The summed E-state index contributed by atoms with van der Waals surface area (Å²) in [7, 11) is -3.58. The van der Waals surface area contributed by atoms with Gasteiger partial charge in [-0.05, 0) is 185 Å². The molecule has 0 N–H and O–H groups in total. The lowest BCUT2D eigenvalue weighted by atomic mass is 10.0. The summed E-state index contributed by atoms with van der Waals surface area (Å²) in [6.07, 6.45) is 11.3. The minimum Gasteiger partial charge on any atom is -0.444 e. The van der Waals surface area contributed by atoms with E-state index in [1.165, 1.54) is 11.8 Å². The van der Waals surface area contributed by atoms with E-state index in [1.54, 1.807) is 28.4 Å². The number of sulfone groups is 1. The van der Waals surface area contributed by atoms with Gasteiger partial charge in [0.2, 0.25) is 15.0 Å². The first-order valence-electron chi connectivity index (χ1n) is 25.3. The number of aromatic nitrogens is 8. The summed E-state index contributed by atoms with van der Waals surface area (Å²) in [5.41, 5.74) is 7.62. The molecule has 0 aliphatic carbocycles. The molecule has 20 heteroatoms. The quantitative estimate of drug-likeness (QED) is 0.0929. The van der Waals surface area contributed by atoms with Crippen LogP contribution in [-0.4, -0.2) is 113 Å². The highest BCUT2D eigenvalue weighted by Crippen LogP contribution is 2.38. The molecule has 0 bridgehead atoms. The van der Waals surface area contributed by atoms with Gasteiger partial charge in [0.05, 0.1) is 46.8 Å². The van der Waals surface area contributed by atoms with E-state index in [4.69, 9.17) is 29.2 Å². The fourth-order valence-electron chi connectivity index (χ4n) is 9.09. The van der Waals surface area contributed by atoms with Gasteiger partial charge in [-0.25, -0.2) is 42.9 Å². The predicted molar refractivity (Wildman–Crippen MR) is 309 cm³/mol. The lowest BCUT2D eigenvalue weighted by Gasteiger charge is -2.34. The highest BCUT2D eigenvalue weighted by atomic mass is 127. The van der Waals surface area contributed by atoms with Gasteiger partial charge in [0.25, 0.3) is 0 Å². The number of imidazole rings is 2. The van der Waals surface area contributed by atoms with Crippen molar-refractivity contribution < 1.29 is 32.2 Å². The molecular formula is C56H64I2N10O7S. The Bertz CT molecular complexity index is 3280. The molecule has 2 aliphatic heterocycles. The first-order valence-corrected chi connectivity index (χ1v) is 29.3. The van der Waals surface area contributed by atoms with E-state index in [0.717, 1.165) is 77.9 Å². The number of piperidine rings is 2. The van der Waals surface area contributed by atoms with Crippen LogP contribution in [-0.2, 0) is 25.7 Å². The molecular weight excluding hydrogens is 1210 g/mol. The lowest BCUT2D eigenvalue weighted by molar-refractivity contribution is 0.0178. The first kappa shape index (κ1) is 56.2. The molecule has 3 aromatic carbocycles. The number of hydrogen-bond acceptors (Lipinski definition) is 13. The van der Waals surface area contributed by atoms with Crippen molar-refractivity contribution in [2.24, 2.45) is 0 Å². The van der Waals surface area contributed by atoms with Crippen LogP contribution in [0.4, 0.5) is 9.59 Å². The van der Waals surface area contributed by atoms with E-state index in [1.807, 2.05) is 94.9 Å². The van der Waals surface area contributed by atoms with Gasteiger partial charge in [0.1, 0.15) is 17.0 Å². The van der Waals surface area contributed by atoms with Crippen molar-refractivity contribution in [3.8, 4) is 57.1 Å². The van der Waals surface area contributed by atoms with Gasteiger partial charge in [-0.15, -0.1) is 0 Å². The van der Waals surface area contributed by atoms with Gasteiger partial charge < -0.3 is 33.1 Å². The van der Waals surface area contributed by atoms with Crippen LogP contribution >= 0.6 is 45.2 Å². The zero-order valence-corrected chi connectivity index (χ0v) is 49.5. The third-order valence-electron chi connectivity index (χ3n) is 12.7. The number of aryl methyl sites for hydroxylation is 2. The van der Waals surface area contributed by atoms with Crippen molar-refractivity contribution in [2.45, 2.75) is 116 Å². The van der Waals surface area contributed by atoms with Crippen LogP contribution in [0.1, 0.15) is 97.4 Å². The van der Waals surface area contributed by atoms with Crippen molar-refractivity contribution in [1.82, 2.24) is 48.8 Å². The lowest BCUT2D eigenvalue weighted by Crippen LogP contribution is -2.42. The molecule has 76 heavy (non-hydrogen) atoms. The molecule has 4 aromatic heterocycles. The van der Waals surface area contributed by atoms with Gasteiger partial charge >= 0.3 is 18.2 Å². The molecule has 17 nitrogen and oxygen atoms in total. The normalized spacial score (nSPS) is 14.7. The van der Waals surface area contributed by atoms with Crippen molar-refractivity contribution >= 4 is 67.2 Å². The Morgan fingerprint density at radius 2 is 1.08 bits per heavy atom. The van der Waals surface area contributed by atoms with Crippen LogP contribution in [0.25, 0.3) is 45.3 Å². The average molecular weight is 1280 g/mol. The largest absolute Gasteiger partial charge is 0.444 e. The highest BCUT2D eigenvalue weighted by Gasteiger charge is 2.32. The molecule has 2 amide bonds. The summed E-state index contributed by atoms with van der Waals surface area (Å²) in [5.74, 6) is 0.722. The van der Waals surface area contributed by atoms with Crippen LogP contribution < -0.4 is 4.74 Å². The fraction of sp³-hybridized carbons (Fsp3) is 0.393. The summed E-state index contributed by atoms with van der Waals surface area (Å²) in [4.78, 5) is 55.9. The molecule has 9 rings (SSSR count). The Morgan fingerprint density at radius 3 is 1.51 bits per heavy atom. The monoisotopic (exact) mass is 1270 g/mol. The molecule has 2 fully saturated rings. The standard InChI is InChI=1S/C32H36IN5O3.C24H28IN5O4S/c1-6-22-17-21(2)18-26(19-22)40-30-34-14-11-27(36-30)29-28(23-7-9-24(33)10-8-23)35-20-38(29)25-12-15-37(16-13-25)31(39)41-32(3,4)5;1-24(2,3)34-23(31)29-13-10-18(11-14-29)30-15-27-20(16-5-7-17(25)8-6-16)21(30)19-9-12-26-22(28-19)35(4,32)33/h7-11,14,17-20,25H,6,12-13,15-16H2,1-5H3;5-9,12,15,18H,10-11,13-14H2,1-4H3. The van der Waals surface area contributed by atoms with Crippen molar-refractivity contribution in [2.75, 3.05) is 32.4 Å². The maximum Gasteiger partial charge on any atom is 0.410 e. The number of carbonyl (C=O) groups is 2. The van der Waals surface area contributed by atoms with Gasteiger partial charge in [0, 0.05) is 75.2 Å². The molecule has 0 spiro atoms. The summed E-state index contributed by atoms with van der Waals surface area (Å²) < 4.78 is 48.1. The second-order valence-electron chi connectivity index (χ2n) is 20.9. The Balaban J connectivity index is 0.000000204. The zero-order chi connectivity index (χ0) is 54.5. The van der Waals surface area contributed by atoms with Crippen LogP contribution in [0.15, 0.2) is 109 Å². The zero-order valence-electron chi connectivity index (χ0n) is 44.3. The van der Waals surface area contributed by atoms with Crippen molar-refractivity contribution in [3.63, 3.8) is 0 Å². The van der Waals surface area contributed by atoms with Crippen molar-refractivity contribution in [1.29, 1.82) is 0 Å². The second kappa shape index (κ2) is 23.7. The number of carbonyl (C=O) groups excluding carboxylic acids is 2. The summed E-state index contributed by atoms with van der Waals surface area (Å²) in [5, 5.41) is -0.226. The highest BCUT2D eigenvalue weighted by molar-refractivity contribution is 14.1. The van der Waals surface area contributed by atoms with E-state index in [9.17, 15) is 18.0 Å². The summed E-state index contributed by atoms with van der Waals surface area (Å²) in [6, 6.07) is 26.6. The molecule has 0 saturated carbocycles. The first-order chi connectivity index (χ1) is 36.0. The fourth-order valence-corrected chi connectivity index (χ4v) is 10.3. The molecule has 400 valence electrons. The van der Waals surface area contributed by atoms with E-state index < -0.39 is 21.0 Å². The third-order valence-corrected chi connectivity index (χ3v) is 15.0. The molecule has 0 radical (unpaired) electrons. The number of nitrogens with zero attached hydrogens (tertiary/aromatic N) is 10. The molecule has 6 heterocycles. The Labute approximate surface area is 472 Å². The maximum atomic E-state index is 12.7. The number of hydrogen-bond donors (Lipinski definition) is 0. The van der Waals surface area contributed by atoms with Gasteiger partial charge in [-0.2, -0.15) is 4.98 Å². The second-order valence-corrected chi connectivity index (χ2v) is 25.3. The molecule has 0 unspecified atom stereocenters. The Kier molecular flexibility index (Phi) is 17.5. The number of rotatable bonds is 10. The van der Waals surface area contributed by atoms with Gasteiger partial charge in [0.15, 0.2) is 0 Å². The molecule has 2 aliphatic rings. The van der Waals surface area contributed by atoms with Crippen LogP contribution in [0.2, 0.25) is 0 Å². The van der Waals surface area contributed by atoms with E-state index in [0.29, 0.717) is 50.4 Å². The molecule has 0 atom stereocenters. The SMILES string of the molecule is CC(C)(C)OC(=O)N1CCC(n2cnc(-c3ccc(I)cc3)c2-c2ccnc(S(C)(=O)=O)n2)CC1.CCc1cc(C)cc(Oc2nccc(-c3c(-c4ccc(I)cc4)ncn3C3CCN(C(=O)OC(C)(C)C)CC3)n2)c1. The van der Waals surface area contributed by atoms with Gasteiger partial charge in [-0.1, -0.05) is 37.3 Å². The average Bonchev–Trinajstić information content (AvgIpc) is 4.03. The van der Waals surface area contributed by atoms with Crippen LogP contribution in [0.5, 0.6) is 11.8 Å². The van der Waals surface area contributed by atoms with Crippen molar-refractivity contribution in [3.05, 3.63) is 122 Å². The third kappa shape index (κ3) is 14.3. The number of likely N-dealkylation sites (tertiary alicyclic amines) is 2. The number of halogens is 2. The van der Waals surface area contributed by atoms with Gasteiger partial charge in [-0.3, -0.25) is 0 Å². The van der Waals surface area contributed by atoms with E-state index in [-0.39, 0.29) is 35.4 Å². The van der Waals surface area contributed by atoms with E-state index >= 15 is 0 Å². The smallest absolute Gasteiger partial charge is 0.410 e. The van der Waals surface area contributed by atoms with E-state index in [2.05, 4.69) is 109 Å². The van der Waals surface area contributed by atoms with Crippen LogP contribution in [0.3, 0.4) is 0 Å².